The number of alkyl carbamates (subject to hydrolysis) is 1. The van der Waals surface area contributed by atoms with Crippen molar-refractivity contribution in [3.8, 4) is 11.7 Å². The predicted molar refractivity (Wildman–Crippen MR) is 89.0 cm³/mol. The highest BCUT2D eigenvalue weighted by molar-refractivity contribution is 5.97. The van der Waals surface area contributed by atoms with Gasteiger partial charge in [0, 0.05) is 0 Å². The van der Waals surface area contributed by atoms with Gasteiger partial charge >= 0.3 is 6.09 Å². The molecule has 1 atom stereocenters. The second-order valence-corrected chi connectivity index (χ2v) is 6.09. The fourth-order valence-electron chi connectivity index (χ4n) is 2.08. The zero-order valence-electron chi connectivity index (χ0n) is 14.7. The molecule has 0 saturated carbocycles. The predicted octanol–water partition coefficient (Wildman–Crippen LogP) is 3.45. The zero-order valence-corrected chi connectivity index (χ0v) is 14.7. The molecule has 1 amide bonds. The summed E-state index contributed by atoms with van der Waals surface area (Å²) in [6.45, 7) is 6.15. The summed E-state index contributed by atoms with van der Waals surface area (Å²) in [6.07, 6.45) is 2.95. The maximum Gasteiger partial charge on any atom is 0.407 e. The van der Waals surface area contributed by atoms with Gasteiger partial charge in [-0.25, -0.2) is 4.79 Å². The Hall–Kier alpha value is -2.64. The van der Waals surface area contributed by atoms with Gasteiger partial charge in [0.1, 0.15) is 6.04 Å². The van der Waals surface area contributed by atoms with Crippen LogP contribution in [0.1, 0.15) is 50.7 Å². The summed E-state index contributed by atoms with van der Waals surface area (Å²) in [5.74, 6) is 0.0881. The van der Waals surface area contributed by atoms with E-state index in [4.69, 9.17) is 13.6 Å². The number of unbranched alkanes of at least 4 members (excludes halogenated alkanes) is 1. The Kier molecular flexibility index (Phi) is 6.73. The Morgan fingerprint density at radius 1 is 1.32 bits per heavy atom. The van der Waals surface area contributed by atoms with Crippen LogP contribution in [0.5, 0.6) is 0 Å². The second kappa shape index (κ2) is 9.00. The number of carbonyl (C=O) groups is 2. The third-order valence-electron chi connectivity index (χ3n) is 3.37. The number of ketones is 1. The summed E-state index contributed by atoms with van der Waals surface area (Å²) in [7, 11) is 0. The molecule has 0 bridgehead atoms. The summed E-state index contributed by atoms with van der Waals surface area (Å²) in [5.41, 5.74) is 0. The minimum atomic E-state index is -0.774. The maximum atomic E-state index is 12.6. The van der Waals surface area contributed by atoms with E-state index in [2.05, 4.69) is 15.5 Å². The third kappa shape index (κ3) is 5.44. The van der Waals surface area contributed by atoms with Crippen molar-refractivity contribution in [1.82, 2.24) is 15.5 Å². The van der Waals surface area contributed by atoms with Gasteiger partial charge in [-0.15, -0.1) is 10.2 Å². The van der Waals surface area contributed by atoms with Crippen molar-refractivity contribution in [3.05, 3.63) is 24.3 Å². The Balaban J connectivity index is 2.05. The van der Waals surface area contributed by atoms with E-state index in [-0.39, 0.29) is 24.3 Å². The molecule has 0 aliphatic rings. The van der Waals surface area contributed by atoms with E-state index in [0.29, 0.717) is 12.2 Å². The van der Waals surface area contributed by atoms with E-state index in [9.17, 15) is 9.59 Å². The highest BCUT2D eigenvalue weighted by Crippen LogP contribution is 2.19. The minimum Gasteiger partial charge on any atom is -0.459 e. The first-order valence-electron chi connectivity index (χ1n) is 8.36. The first-order chi connectivity index (χ1) is 12.0. The second-order valence-electron chi connectivity index (χ2n) is 6.09. The summed E-state index contributed by atoms with van der Waals surface area (Å²) >= 11 is 0. The van der Waals surface area contributed by atoms with Gasteiger partial charge in [0.2, 0.25) is 5.78 Å². The Labute approximate surface area is 145 Å². The van der Waals surface area contributed by atoms with Gasteiger partial charge in [-0.2, -0.15) is 0 Å². The molecule has 2 aromatic heterocycles. The quantitative estimate of drug-likeness (QED) is 0.691. The molecule has 136 valence electrons. The fraction of sp³-hybridized carbons (Fsp3) is 0.529. The number of amides is 1. The van der Waals surface area contributed by atoms with Crippen LogP contribution in [0.25, 0.3) is 11.7 Å². The average molecular weight is 349 g/mol. The van der Waals surface area contributed by atoms with E-state index in [1.807, 2.05) is 20.8 Å². The molecule has 0 aliphatic heterocycles. The van der Waals surface area contributed by atoms with Crippen molar-refractivity contribution >= 4 is 11.9 Å². The van der Waals surface area contributed by atoms with Crippen LogP contribution in [-0.4, -0.2) is 34.7 Å². The fourth-order valence-corrected chi connectivity index (χ4v) is 2.08. The number of aromatic nitrogens is 2. The van der Waals surface area contributed by atoms with Crippen molar-refractivity contribution in [2.24, 2.45) is 5.92 Å². The molecule has 2 aromatic rings. The Bertz CT molecular complexity index is 678. The van der Waals surface area contributed by atoms with Crippen LogP contribution >= 0.6 is 0 Å². The molecule has 2 rings (SSSR count). The number of nitrogens with one attached hydrogen (secondary N) is 1. The summed E-state index contributed by atoms with van der Waals surface area (Å²) < 4.78 is 15.6. The molecule has 0 aliphatic carbocycles. The van der Waals surface area contributed by atoms with Gasteiger partial charge in [-0.3, -0.25) is 4.79 Å². The van der Waals surface area contributed by atoms with Crippen molar-refractivity contribution in [2.45, 2.75) is 46.1 Å². The van der Waals surface area contributed by atoms with Crippen molar-refractivity contribution in [2.75, 3.05) is 6.61 Å². The van der Waals surface area contributed by atoms with Crippen molar-refractivity contribution in [1.29, 1.82) is 0 Å². The number of ether oxygens (including phenoxy) is 1. The zero-order chi connectivity index (χ0) is 18.2. The number of hydrogen-bond donors (Lipinski definition) is 1. The van der Waals surface area contributed by atoms with E-state index >= 15 is 0 Å². The van der Waals surface area contributed by atoms with Crippen LogP contribution in [0.4, 0.5) is 4.79 Å². The minimum absolute atomic E-state index is 0.116. The number of nitrogens with zero attached hydrogens (tertiary/aromatic N) is 2. The molecule has 8 heteroatoms. The number of furan rings is 1. The number of hydrogen-bond acceptors (Lipinski definition) is 7. The summed E-state index contributed by atoms with van der Waals surface area (Å²) in [6, 6.07) is 2.56. The first-order valence-corrected chi connectivity index (χ1v) is 8.36. The van der Waals surface area contributed by atoms with Gasteiger partial charge in [-0.05, 0) is 24.5 Å². The van der Waals surface area contributed by atoms with Crippen LogP contribution in [0.2, 0.25) is 0 Å². The van der Waals surface area contributed by atoms with E-state index < -0.39 is 17.9 Å². The van der Waals surface area contributed by atoms with Crippen molar-refractivity contribution < 1.29 is 23.2 Å². The normalized spacial score (nSPS) is 12.2. The molecule has 0 aromatic carbocycles. The van der Waals surface area contributed by atoms with Gasteiger partial charge in [0.05, 0.1) is 12.9 Å². The molecule has 0 unspecified atom stereocenters. The van der Waals surface area contributed by atoms with E-state index in [1.165, 1.54) is 6.26 Å². The highest BCUT2D eigenvalue weighted by atomic mass is 16.5. The first kappa shape index (κ1) is 18.7. The van der Waals surface area contributed by atoms with Crippen LogP contribution in [0.15, 0.2) is 27.2 Å². The van der Waals surface area contributed by atoms with E-state index in [1.54, 1.807) is 12.1 Å². The summed E-state index contributed by atoms with van der Waals surface area (Å²) in [4.78, 5) is 24.5. The Morgan fingerprint density at radius 3 is 2.76 bits per heavy atom. The van der Waals surface area contributed by atoms with Crippen LogP contribution < -0.4 is 5.32 Å². The molecule has 0 saturated heterocycles. The molecule has 0 fully saturated rings. The lowest BCUT2D eigenvalue weighted by Gasteiger charge is -2.16. The number of rotatable bonds is 9. The van der Waals surface area contributed by atoms with Gasteiger partial charge in [-0.1, -0.05) is 33.6 Å². The monoisotopic (exact) mass is 349 g/mol. The van der Waals surface area contributed by atoms with Crippen LogP contribution in [-0.2, 0) is 4.74 Å². The average Bonchev–Trinajstić information content (AvgIpc) is 3.26. The molecule has 2 heterocycles. The van der Waals surface area contributed by atoms with Gasteiger partial charge in [0.25, 0.3) is 11.8 Å². The number of Topliss-reactive ketones (excluding diaryl/α,β-unsaturated/α-hetero) is 1. The molecule has 0 radical (unpaired) electrons. The largest absolute Gasteiger partial charge is 0.459 e. The molecule has 0 spiro atoms. The van der Waals surface area contributed by atoms with Crippen molar-refractivity contribution in [3.63, 3.8) is 0 Å². The highest BCUT2D eigenvalue weighted by Gasteiger charge is 2.27. The molecule has 1 N–H and O–H groups in total. The van der Waals surface area contributed by atoms with Crippen LogP contribution in [0, 0.1) is 5.92 Å². The third-order valence-corrected chi connectivity index (χ3v) is 3.37. The van der Waals surface area contributed by atoms with Crippen LogP contribution in [0.3, 0.4) is 0 Å². The SMILES string of the molecule is CCCC[C@H](NC(=O)OCC(C)C)C(=O)c1nnc(-c2ccco2)o1. The molecule has 8 nitrogen and oxygen atoms in total. The molecular formula is C17H23N3O5. The summed E-state index contributed by atoms with van der Waals surface area (Å²) in [5, 5.41) is 10.2. The van der Waals surface area contributed by atoms with Gasteiger partial charge in [0.15, 0.2) is 5.76 Å². The smallest absolute Gasteiger partial charge is 0.407 e. The molecule has 25 heavy (non-hydrogen) atoms. The van der Waals surface area contributed by atoms with Gasteiger partial charge < -0.3 is 18.9 Å². The van der Waals surface area contributed by atoms with E-state index in [0.717, 1.165) is 12.8 Å². The lowest BCUT2D eigenvalue weighted by Crippen LogP contribution is -2.41. The molecular weight excluding hydrogens is 326 g/mol. The maximum absolute atomic E-state index is 12.6. The Morgan fingerprint density at radius 2 is 2.12 bits per heavy atom. The lowest BCUT2D eigenvalue weighted by atomic mass is 10.1. The number of carbonyl (C=O) groups excluding carboxylic acids is 2. The standard InChI is InChI=1S/C17H23N3O5/c1-4-5-7-12(18-17(22)24-10-11(2)3)14(21)16-20-19-15(25-16)13-8-6-9-23-13/h6,8-9,11-12H,4-5,7,10H2,1-3H3,(H,18,22)/t12-/m0/s1. The lowest BCUT2D eigenvalue weighted by molar-refractivity contribution is 0.0874. The topological polar surface area (TPSA) is 107 Å².